The van der Waals surface area contributed by atoms with Crippen molar-refractivity contribution in [1.29, 1.82) is 0 Å². The summed E-state index contributed by atoms with van der Waals surface area (Å²) >= 11 is 0. The van der Waals surface area contributed by atoms with Gasteiger partial charge in [-0.25, -0.2) is 4.79 Å². The van der Waals surface area contributed by atoms with Crippen molar-refractivity contribution in [3.8, 4) is 5.75 Å². The second-order valence-electron chi connectivity index (χ2n) is 9.67. The zero-order valence-corrected chi connectivity index (χ0v) is 21.0. The van der Waals surface area contributed by atoms with Crippen molar-refractivity contribution >= 4 is 16.8 Å². The predicted molar refractivity (Wildman–Crippen MR) is 135 cm³/mol. The number of carbonyl (C=O) groups excluding carboxylic acids is 1. The minimum Gasteiger partial charge on any atom is -0.497 e. The van der Waals surface area contributed by atoms with E-state index in [0.717, 1.165) is 44.5 Å². The number of hydrogen-bond acceptors (Lipinski definition) is 6. The molecule has 1 aromatic heterocycles. The Bertz CT molecular complexity index is 1200. The molecule has 2 aliphatic rings. The molecule has 4 rings (SSSR count). The van der Waals surface area contributed by atoms with Gasteiger partial charge in [0.2, 0.25) is 5.91 Å². The molecule has 0 spiro atoms. The Labute approximate surface area is 205 Å². The van der Waals surface area contributed by atoms with Gasteiger partial charge in [-0.05, 0) is 49.8 Å². The van der Waals surface area contributed by atoms with Gasteiger partial charge in [-0.1, -0.05) is 6.58 Å². The maximum atomic E-state index is 13.2. The quantitative estimate of drug-likeness (QED) is 0.596. The van der Waals surface area contributed by atoms with Crippen molar-refractivity contribution in [1.82, 2.24) is 18.9 Å². The van der Waals surface area contributed by atoms with Crippen LogP contribution in [0.5, 0.6) is 5.75 Å². The minimum absolute atomic E-state index is 0.0143. The van der Waals surface area contributed by atoms with Gasteiger partial charge in [0.1, 0.15) is 5.75 Å². The predicted octanol–water partition coefficient (Wildman–Crippen LogP) is 1.82. The van der Waals surface area contributed by atoms with Crippen molar-refractivity contribution in [2.75, 3.05) is 47.0 Å². The van der Waals surface area contributed by atoms with Crippen molar-refractivity contribution in [3.05, 3.63) is 51.3 Å². The summed E-state index contributed by atoms with van der Waals surface area (Å²) in [5.41, 5.74) is 0.956. The topological polar surface area (TPSA) is 86.0 Å². The number of hydrogen-bond donors (Lipinski definition) is 0. The molecule has 2 aromatic rings. The number of fused-ring (bicyclic) bond motifs is 1. The van der Waals surface area contributed by atoms with Gasteiger partial charge in [-0.3, -0.25) is 18.7 Å². The molecule has 190 valence electrons. The smallest absolute Gasteiger partial charge is 0.331 e. The number of methoxy groups -OCH3 is 2. The van der Waals surface area contributed by atoms with Crippen LogP contribution in [0.25, 0.3) is 10.9 Å². The maximum absolute atomic E-state index is 13.2. The lowest BCUT2D eigenvalue weighted by Crippen LogP contribution is -2.50. The first-order valence-corrected chi connectivity index (χ1v) is 12.3. The highest BCUT2D eigenvalue weighted by Gasteiger charge is 2.32. The molecule has 1 aliphatic carbocycles. The number of amides is 1. The average Bonchev–Trinajstić information content (AvgIpc) is 2.89. The van der Waals surface area contributed by atoms with Gasteiger partial charge >= 0.3 is 5.69 Å². The molecule has 2 fully saturated rings. The van der Waals surface area contributed by atoms with E-state index >= 15 is 0 Å². The van der Waals surface area contributed by atoms with Crippen molar-refractivity contribution in [2.24, 2.45) is 18.9 Å². The molecular formula is C26H36N4O5. The molecule has 1 amide bonds. The third-order valence-electron chi connectivity index (χ3n) is 7.54. The molecule has 9 nitrogen and oxygen atoms in total. The molecule has 9 heteroatoms. The van der Waals surface area contributed by atoms with E-state index in [9.17, 15) is 14.4 Å². The van der Waals surface area contributed by atoms with E-state index in [4.69, 9.17) is 9.47 Å². The van der Waals surface area contributed by atoms with Crippen LogP contribution in [-0.2, 0) is 23.1 Å². The Morgan fingerprint density at radius 2 is 1.69 bits per heavy atom. The third kappa shape index (κ3) is 5.15. The first-order chi connectivity index (χ1) is 16.8. The molecule has 0 radical (unpaired) electrons. The Kier molecular flexibility index (Phi) is 7.64. The molecule has 0 N–H and O–H groups in total. The van der Waals surface area contributed by atoms with Gasteiger partial charge in [0.05, 0.1) is 24.6 Å². The van der Waals surface area contributed by atoms with Crippen LogP contribution in [-0.4, -0.2) is 71.8 Å². The maximum Gasteiger partial charge on any atom is 0.331 e. The first-order valence-electron chi connectivity index (χ1n) is 12.3. The van der Waals surface area contributed by atoms with E-state index in [2.05, 4.69) is 11.5 Å². The minimum atomic E-state index is -0.307. The fraction of sp³-hybridized carbons (Fsp3) is 0.577. The lowest BCUT2D eigenvalue weighted by molar-refractivity contribution is -0.138. The lowest BCUT2D eigenvalue weighted by Gasteiger charge is -2.39. The second-order valence-corrected chi connectivity index (χ2v) is 9.67. The van der Waals surface area contributed by atoms with Crippen LogP contribution in [0.3, 0.4) is 0 Å². The SMILES string of the molecule is C=C(COC)N1CCN(C(=O)C2CCC(Cn3c(=O)c4cc(OC)ccc4n(C)c3=O)CC2)CC1. The first kappa shape index (κ1) is 25.0. The van der Waals surface area contributed by atoms with E-state index < -0.39 is 0 Å². The highest BCUT2D eigenvalue weighted by Crippen LogP contribution is 2.31. The normalized spacial score (nSPS) is 20.8. The molecule has 1 saturated heterocycles. The summed E-state index contributed by atoms with van der Waals surface area (Å²) in [6.45, 7) is 7.90. The molecule has 0 unspecified atom stereocenters. The van der Waals surface area contributed by atoms with Gasteiger partial charge in [-0.2, -0.15) is 0 Å². The average molecular weight is 485 g/mol. The van der Waals surface area contributed by atoms with Crippen LogP contribution in [0.2, 0.25) is 0 Å². The summed E-state index contributed by atoms with van der Waals surface area (Å²) in [5, 5.41) is 0.475. The van der Waals surface area contributed by atoms with E-state index in [1.54, 1.807) is 39.5 Å². The van der Waals surface area contributed by atoms with Crippen LogP contribution < -0.4 is 16.0 Å². The molecule has 2 heterocycles. The molecule has 0 bridgehead atoms. The summed E-state index contributed by atoms with van der Waals surface area (Å²) in [5.74, 6) is 1.02. The lowest BCUT2D eigenvalue weighted by atomic mass is 9.81. The fourth-order valence-corrected chi connectivity index (χ4v) is 5.39. The Morgan fingerprint density at radius 1 is 1.03 bits per heavy atom. The molecule has 1 aromatic carbocycles. The van der Waals surface area contributed by atoms with E-state index in [1.807, 2.05) is 4.90 Å². The largest absolute Gasteiger partial charge is 0.497 e. The summed E-state index contributed by atoms with van der Waals surface area (Å²) in [7, 11) is 4.90. The number of nitrogens with zero attached hydrogens (tertiary/aromatic N) is 4. The van der Waals surface area contributed by atoms with E-state index in [-0.39, 0.29) is 29.0 Å². The molecule has 1 saturated carbocycles. The van der Waals surface area contributed by atoms with Gasteiger partial charge in [0, 0.05) is 58.5 Å². The number of aryl methyl sites for hydroxylation is 1. The van der Waals surface area contributed by atoms with E-state index in [0.29, 0.717) is 42.9 Å². The van der Waals surface area contributed by atoms with Gasteiger partial charge < -0.3 is 19.3 Å². The summed E-state index contributed by atoms with van der Waals surface area (Å²) in [6.07, 6.45) is 3.23. The third-order valence-corrected chi connectivity index (χ3v) is 7.54. The molecule has 0 atom stereocenters. The highest BCUT2D eigenvalue weighted by atomic mass is 16.5. The van der Waals surface area contributed by atoms with Crippen LogP contribution in [0.1, 0.15) is 25.7 Å². The number of carbonyl (C=O) groups is 1. The Hall–Kier alpha value is -3.07. The van der Waals surface area contributed by atoms with Gasteiger partial charge in [0.15, 0.2) is 0 Å². The summed E-state index contributed by atoms with van der Waals surface area (Å²) in [4.78, 5) is 43.4. The van der Waals surface area contributed by atoms with Crippen LogP contribution in [0.4, 0.5) is 0 Å². The van der Waals surface area contributed by atoms with Crippen LogP contribution >= 0.6 is 0 Å². The summed E-state index contributed by atoms with van der Waals surface area (Å²) in [6, 6.07) is 5.18. The van der Waals surface area contributed by atoms with Gasteiger partial charge in [-0.15, -0.1) is 0 Å². The zero-order valence-electron chi connectivity index (χ0n) is 21.0. The Balaban J connectivity index is 1.37. The van der Waals surface area contributed by atoms with Crippen molar-refractivity contribution < 1.29 is 14.3 Å². The number of rotatable bonds is 7. The van der Waals surface area contributed by atoms with Crippen molar-refractivity contribution in [3.63, 3.8) is 0 Å². The molecular weight excluding hydrogens is 448 g/mol. The van der Waals surface area contributed by atoms with Crippen molar-refractivity contribution in [2.45, 2.75) is 32.2 Å². The highest BCUT2D eigenvalue weighted by molar-refractivity contribution is 5.80. The number of ether oxygens (including phenoxy) is 2. The number of aromatic nitrogens is 2. The zero-order chi connectivity index (χ0) is 25.1. The van der Waals surface area contributed by atoms with Gasteiger partial charge in [0.25, 0.3) is 5.56 Å². The standard InChI is InChI=1S/C26H36N4O5/c1-18(17-34-3)28-11-13-29(14-12-28)24(31)20-7-5-19(6-8-20)16-30-25(32)22-15-21(35-4)9-10-23(22)27(2)26(30)33/h9-10,15,19-20H,1,5-8,11-14,16-17H2,2-4H3. The summed E-state index contributed by atoms with van der Waals surface area (Å²) < 4.78 is 13.3. The Morgan fingerprint density at radius 3 is 2.31 bits per heavy atom. The fourth-order valence-electron chi connectivity index (χ4n) is 5.39. The van der Waals surface area contributed by atoms with Crippen LogP contribution in [0.15, 0.2) is 40.1 Å². The van der Waals surface area contributed by atoms with E-state index in [1.165, 1.54) is 9.13 Å². The monoisotopic (exact) mass is 484 g/mol. The molecule has 1 aliphatic heterocycles. The number of benzene rings is 1. The van der Waals surface area contributed by atoms with Crippen LogP contribution in [0, 0.1) is 11.8 Å². The second kappa shape index (κ2) is 10.7. The molecule has 35 heavy (non-hydrogen) atoms. The number of piperazine rings is 1.